The molecular weight excluding hydrogens is 648 g/mol. The van der Waals surface area contributed by atoms with Gasteiger partial charge < -0.3 is 24.5 Å². The van der Waals surface area contributed by atoms with E-state index in [0.29, 0.717) is 43.1 Å². The molecule has 6 rings (SSSR count). The third kappa shape index (κ3) is 6.96. The van der Waals surface area contributed by atoms with Crippen LogP contribution in [0.2, 0.25) is 0 Å². The molecule has 2 fully saturated rings. The fraction of sp³-hybridized carbons (Fsp3) is 0.462. The molecule has 2 atom stereocenters. The number of hydrogen-bond donors (Lipinski definition) is 3. The number of nitrogens with zero attached hydrogens (tertiary/aromatic N) is 4. The lowest BCUT2D eigenvalue weighted by atomic mass is 9.71. The molecule has 0 bridgehead atoms. The number of aromatic nitrogens is 4. The van der Waals surface area contributed by atoms with Crippen LogP contribution in [0.15, 0.2) is 54.7 Å². The van der Waals surface area contributed by atoms with Crippen LogP contribution in [0.5, 0.6) is 0 Å². The number of likely N-dealkylation sites (tertiary alicyclic amines) is 2. The molecule has 12 nitrogen and oxygen atoms in total. The van der Waals surface area contributed by atoms with E-state index in [4.69, 9.17) is 14.5 Å². The summed E-state index contributed by atoms with van der Waals surface area (Å²) in [4.78, 5) is 57.4. The van der Waals surface area contributed by atoms with E-state index in [9.17, 15) is 19.5 Å². The highest BCUT2D eigenvalue weighted by Gasteiger charge is 2.55. The lowest BCUT2D eigenvalue weighted by Gasteiger charge is -2.45. The van der Waals surface area contributed by atoms with Gasteiger partial charge in [-0.3, -0.25) is 14.6 Å². The summed E-state index contributed by atoms with van der Waals surface area (Å²) in [7, 11) is 1.35. The molecule has 4 heterocycles. The normalized spacial score (nSPS) is 19.4. The number of imidazole rings is 2. The van der Waals surface area contributed by atoms with Crippen LogP contribution in [0.3, 0.4) is 0 Å². The molecule has 2 amide bonds. The van der Waals surface area contributed by atoms with Gasteiger partial charge in [-0.15, -0.1) is 0 Å². The number of benzene rings is 2. The zero-order valence-corrected chi connectivity index (χ0v) is 30.5. The van der Waals surface area contributed by atoms with Crippen LogP contribution >= 0.6 is 0 Å². The number of nitrogens with one attached hydrogen (secondary N) is 2. The maximum atomic E-state index is 12.8. The average molecular weight is 697 g/mol. The minimum absolute atomic E-state index is 0.0234. The number of ether oxygens (including phenoxy) is 2. The Hall–Kier alpha value is -5.13. The summed E-state index contributed by atoms with van der Waals surface area (Å²) in [5.74, 6) is 0.872. The Morgan fingerprint density at radius 2 is 1.53 bits per heavy atom. The molecule has 0 radical (unpaired) electrons. The first-order valence-electron chi connectivity index (χ1n) is 17.5. The van der Waals surface area contributed by atoms with E-state index in [2.05, 4.69) is 27.1 Å². The maximum absolute atomic E-state index is 12.8. The summed E-state index contributed by atoms with van der Waals surface area (Å²) in [5, 5.41) is 10.2. The average Bonchev–Trinajstić information content (AvgIpc) is 3.89. The van der Waals surface area contributed by atoms with Gasteiger partial charge in [0.15, 0.2) is 0 Å². The van der Waals surface area contributed by atoms with Crippen molar-refractivity contribution in [3.8, 4) is 33.6 Å². The highest BCUT2D eigenvalue weighted by molar-refractivity contribution is 5.77. The largest absolute Gasteiger partial charge is 0.469 e. The molecule has 3 N–H and O–H groups in total. The van der Waals surface area contributed by atoms with Crippen LogP contribution in [0, 0.1) is 5.41 Å². The Balaban J connectivity index is 1.24. The number of amides is 2. The molecule has 0 saturated carbocycles. The van der Waals surface area contributed by atoms with Crippen LogP contribution in [-0.2, 0) is 26.2 Å². The second kappa shape index (κ2) is 13.5. The van der Waals surface area contributed by atoms with Gasteiger partial charge in [-0.25, -0.2) is 19.6 Å². The number of hydrogen-bond acceptors (Lipinski definition) is 7. The lowest BCUT2D eigenvalue weighted by Crippen LogP contribution is -2.53. The zero-order valence-electron chi connectivity index (χ0n) is 30.5. The number of carboxylic acid groups (broad SMARTS) is 1. The molecule has 2 aromatic carbocycles. The fourth-order valence-corrected chi connectivity index (χ4v) is 7.55. The summed E-state index contributed by atoms with van der Waals surface area (Å²) in [6.07, 6.45) is 3.52. The molecule has 2 aliphatic rings. The standard InChI is InChI=1S/C39H48N6O6/c1-37(2,3)39(19-9-21-45(39)35(47)48)34-42-28(22-31(46)50-7)32(43-34)27-17-13-25(14-18-27)24-11-15-26(16-12-24)29-23-40-33(41-29)30-10-8-20-44(30)36(49)51-38(4,5)6/h11-18,23,30H,8-10,19-22H2,1-7H3,(H,40,41)(H,42,43)(H,47,48)/t30-,39+/m0/s1. The minimum Gasteiger partial charge on any atom is -0.469 e. The van der Waals surface area contributed by atoms with Gasteiger partial charge in [0.2, 0.25) is 0 Å². The van der Waals surface area contributed by atoms with E-state index in [0.717, 1.165) is 46.6 Å². The van der Waals surface area contributed by atoms with Gasteiger partial charge in [0.25, 0.3) is 0 Å². The molecule has 0 aliphatic carbocycles. The third-order valence-corrected chi connectivity index (χ3v) is 10.1. The van der Waals surface area contributed by atoms with Gasteiger partial charge in [-0.05, 0) is 68.6 Å². The fourth-order valence-electron chi connectivity index (χ4n) is 7.55. The molecule has 0 spiro atoms. The molecule has 270 valence electrons. The maximum Gasteiger partial charge on any atom is 0.410 e. The number of carbonyl (C=O) groups is 3. The molecule has 0 unspecified atom stereocenters. The predicted molar refractivity (Wildman–Crippen MR) is 193 cm³/mol. The van der Waals surface area contributed by atoms with Crippen LogP contribution < -0.4 is 0 Å². The van der Waals surface area contributed by atoms with Crippen LogP contribution in [0.25, 0.3) is 33.6 Å². The highest BCUT2D eigenvalue weighted by atomic mass is 16.6. The molecular formula is C39H48N6O6. The van der Waals surface area contributed by atoms with Crippen LogP contribution in [0.4, 0.5) is 9.59 Å². The number of aromatic amines is 2. The van der Waals surface area contributed by atoms with Gasteiger partial charge in [0, 0.05) is 18.7 Å². The van der Waals surface area contributed by atoms with Crippen molar-refractivity contribution in [2.45, 2.75) is 90.8 Å². The van der Waals surface area contributed by atoms with Gasteiger partial charge in [0.1, 0.15) is 22.8 Å². The van der Waals surface area contributed by atoms with E-state index < -0.39 is 28.6 Å². The van der Waals surface area contributed by atoms with E-state index in [1.54, 1.807) is 11.1 Å². The summed E-state index contributed by atoms with van der Waals surface area (Å²) in [6, 6.07) is 16.0. The summed E-state index contributed by atoms with van der Waals surface area (Å²) in [6.45, 7) is 12.7. The first-order chi connectivity index (χ1) is 24.1. The van der Waals surface area contributed by atoms with E-state index in [1.807, 2.05) is 77.9 Å². The molecule has 51 heavy (non-hydrogen) atoms. The number of rotatable bonds is 7. The van der Waals surface area contributed by atoms with E-state index >= 15 is 0 Å². The smallest absolute Gasteiger partial charge is 0.410 e. The van der Waals surface area contributed by atoms with Crippen molar-refractivity contribution in [2.24, 2.45) is 5.41 Å². The monoisotopic (exact) mass is 696 g/mol. The van der Waals surface area contributed by atoms with Crippen molar-refractivity contribution in [2.75, 3.05) is 20.2 Å². The number of H-pyrrole nitrogens is 2. The third-order valence-electron chi connectivity index (χ3n) is 10.1. The SMILES string of the molecule is COC(=O)Cc1[nH]c([C@@]2(C(C)(C)C)CCCN2C(=O)O)nc1-c1ccc(-c2ccc(-c3cnc([C@@H]4CCCN4C(=O)OC(C)(C)C)[nH]3)cc2)cc1. The van der Waals surface area contributed by atoms with Gasteiger partial charge in [-0.2, -0.15) is 0 Å². The van der Waals surface area contributed by atoms with Crippen molar-refractivity contribution in [1.82, 2.24) is 29.7 Å². The van der Waals surface area contributed by atoms with E-state index in [-0.39, 0.29) is 18.6 Å². The van der Waals surface area contributed by atoms with Crippen LogP contribution in [-0.4, -0.2) is 78.8 Å². The first kappa shape index (κ1) is 35.7. The minimum atomic E-state index is -0.989. The molecule has 2 aliphatic heterocycles. The van der Waals surface area contributed by atoms with Crippen molar-refractivity contribution in [3.05, 3.63) is 72.1 Å². The predicted octanol–water partition coefficient (Wildman–Crippen LogP) is 7.94. The Kier molecular flexibility index (Phi) is 9.47. The Bertz CT molecular complexity index is 1900. The van der Waals surface area contributed by atoms with Crippen molar-refractivity contribution >= 4 is 18.2 Å². The Morgan fingerprint density at radius 1 is 0.902 bits per heavy atom. The van der Waals surface area contributed by atoms with Gasteiger partial charge in [0.05, 0.1) is 42.9 Å². The second-order valence-electron chi connectivity index (χ2n) is 15.5. The van der Waals surface area contributed by atoms with Crippen molar-refractivity contribution in [1.29, 1.82) is 0 Å². The first-order valence-corrected chi connectivity index (χ1v) is 17.5. The van der Waals surface area contributed by atoms with Gasteiger partial charge in [-0.1, -0.05) is 69.3 Å². The Morgan fingerprint density at radius 3 is 2.12 bits per heavy atom. The van der Waals surface area contributed by atoms with E-state index in [1.165, 1.54) is 12.0 Å². The zero-order chi connectivity index (χ0) is 36.7. The topological polar surface area (TPSA) is 154 Å². The molecule has 12 heteroatoms. The number of carbonyl (C=O) groups excluding carboxylic acids is 2. The van der Waals surface area contributed by atoms with Gasteiger partial charge >= 0.3 is 18.2 Å². The summed E-state index contributed by atoms with van der Waals surface area (Å²) in [5.41, 5.74) is 3.93. The highest BCUT2D eigenvalue weighted by Crippen LogP contribution is 2.51. The quantitative estimate of drug-likeness (QED) is 0.165. The molecule has 2 saturated heterocycles. The lowest BCUT2D eigenvalue weighted by molar-refractivity contribution is -0.139. The number of esters is 1. The molecule has 4 aromatic rings. The second-order valence-corrected chi connectivity index (χ2v) is 15.5. The molecule has 2 aromatic heterocycles. The number of methoxy groups -OCH3 is 1. The summed E-state index contributed by atoms with van der Waals surface area (Å²) >= 11 is 0. The van der Waals surface area contributed by atoms with Crippen molar-refractivity contribution < 1.29 is 29.0 Å². The van der Waals surface area contributed by atoms with Crippen molar-refractivity contribution in [3.63, 3.8) is 0 Å². The summed E-state index contributed by atoms with van der Waals surface area (Å²) < 4.78 is 10.6. The Labute approximate surface area is 298 Å². The van der Waals surface area contributed by atoms with Crippen LogP contribution in [0.1, 0.15) is 90.6 Å².